The summed E-state index contributed by atoms with van der Waals surface area (Å²) in [6.45, 7) is 0.242. The monoisotopic (exact) mass is 239 g/mol. The van der Waals surface area contributed by atoms with E-state index in [-0.39, 0.29) is 12.3 Å². The number of aryl methyl sites for hydroxylation is 1. The number of anilines is 1. The standard InChI is InChI=1S/C11H13NO3S/c13-6-5-12-10-3-4-11-9(8-10)2-1-7-16(11,14)15/h3-4,6,8,12H,1-2,5,7H2. The van der Waals surface area contributed by atoms with Crippen LogP contribution in [0.3, 0.4) is 0 Å². The maximum atomic E-state index is 11.7. The lowest BCUT2D eigenvalue weighted by Gasteiger charge is -2.17. The smallest absolute Gasteiger partial charge is 0.178 e. The molecule has 0 bridgehead atoms. The van der Waals surface area contributed by atoms with E-state index in [1.807, 2.05) is 6.07 Å². The van der Waals surface area contributed by atoms with E-state index in [9.17, 15) is 13.2 Å². The summed E-state index contributed by atoms with van der Waals surface area (Å²) in [5.74, 6) is 0.237. The van der Waals surface area contributed by atoms with E-state index in [0.29, 0.717) is 11.3 Å². The highest BCUT2D eigenvalue weighted by atomic mass is 32.2. The zero-order valence-electron chi connectivity index (χ0n) is 8.77. The predicted molar refractivity (Wildman–Crippen MR) is 61.4 cm³/mol. The zero-order valence-corrected chi connectivity index (χ0v) is 9.59. The normalized spacial score (nSPS) is 17.5. The van der Waals surface area contributed by atoms with Gasteiger partial charge in [-0.3, -0.25) is 0 Å². The number of aldehydes is 1. The largest absolute Gasteiger partial charge is 0.378 e. The van der Waals surface area contributed by atoms with E-state index < -0.39 is 9.84 Å². The lowest BCUT2D eigenvalue weighted by atomic mass is 10.1. The first-order chi connectivity index (χ1) is 7.63. The van der Waals surface area contributed by atoms with Gasteiger partial charge in [0, 0.05) is 5.69 Å². The van der Waals surface area contributed by atoms with Gasteiger partial charge in [-0.15, -0.1) is 0 Å². The van der Waals surface area contributed by atoms with Crippen LogP contribution in [-0.2, 0) is 21.1 Å². The van der Waals surface area contributed by atoms with E-state index in [4.69, 9.17) is 0 Å². The molecule has 0 amide bonds. The molecule has 1 aliphatic heterocycles. The molecular formula is C11H13NO3S. The molecule has 0 fully saturated rings. The molecule has 0 saturated carbocycles. The van der Waals surface area contributed by atoms with E-state index in [0.717, 1.165) is 24.0 Å². The maximum Gasteiger partial charge on any atom is 0.178 e. The SMILES string of the molecule is O=CCNc1ccc2c(c1)CCCS2(=O)=O. The van der Waals surface area contributed by atoms with Crippen LogP contribution >= 0.6 is 0 Å². The van der Waals surface area contributed by atoms with Gasteiger partial charge in [0.1, 0.15) is 6.29 Å². The van der Waals surface area contributed by atoms with Crippen molar-refractivity contribution < 1.29 is 13.2 Å². The number of carbonyl (C=O) groups excluding carboxylic acids is 1. The van der Waals surface area contributed by atoms with Crippen molar-refractivity contribution in [3.05, 3.63) is 23.8 Å². The van der Waals surface area contributed by atoms with Gasteiger partial charge in [0.15, 0.2) is 9.84 Å². The van der Waals surface area contributed by atoms with Crippen LogP contribution in [0, 0.1) is 0 Å². The molecule has 1 N–H and O–H groups in total. The van der Waals surface area contributed by atoms with Gasteiger partial charge >= 0.3 is 0 Å². The molecule has 0 radical (unpaired) electrons. The van der Waals surface area contributed by atoms with E-state index in [1.54, 1.807) is 12.1 Å². The Morgan fingerprint density at radius 1 is 1.38 bits per heavy atom. The van der Waals surface area contributed by atoms with E-state index >= 15 is 0 Å². The van der Waals surface area contributed by atoms with Crippen LogP contribution in [0.5, 0.6) is 0 Å². The van der Waals surface area contributed by atoms with Crippen molar-refractivity contribution in [2.24, 2.45) is 0 Å². The van der Waals surface area contributed by atoms with Crippen molar-refractivity contribution in [1.29, 1.82) is 0 Å². The van der Waals surface area contributed by atoms with Crippen LogP contribution in [0.15, 0.2) is 23.1 Å². The first kappa shape index (κ1) is 11.1. The van der Waals surface area contributed by atoms with Gasteiger partial charge in [-0.1, -0.05) is 0 Å². The number of nitrogens with one attached hydrogen (secondary N) is 1. The molecule has 0 unspecified atom stereocenters. The van der Waals surface area contributed by atoms with Crippen LogP contribution in [0.4, 0.5) is 5.69 Å². The Kier molecular flexibility index (Phi) is 2.96. The fourth-order valence-corrected chi connectivity index (χ4v) is 3.49. The molecule has 1 aliphatic rings. The summed E-state index contributed by atoms with van der Waals surface area (Å²) in [7, 11) is -3.08. The fourth-order valence-electron chi connectivity index (χ4n) is 1.91. The third-order valence-corrected chi connectivity index (χ3v) is 4.54. The average molecular weight is 239 g/mol. The molecule has 16 heavy (non-hydrogen) atoms. The molecule has 0 aromatic heterocycles. The molecular weight excluding hydrogens is 226 g/mol. The Bertz CT molecular complexity index is 508. The van der Waals surface area contributed by atoms with Gasteiger partial charge < -0.3 is 10.1 Å². The molecule has 0 atom stereocenters. The molecule has 5 heteroatoms. The number of hydrogen-bond donors (Lipinski definition) is 1. The Morgan fingerprint density at radius 2 is 2.19 bits per heavy atom. The molecule has 1 aromatic rings. The lowest BCUT2D eigenvalue weighted by molar-refractivity contribution is -0.106. The third kappa shape index (κ3) is 2.09. The minimum absolute atomic E-state index is 0.237. The highest BCUT2D eigenvalue weighted by molar-refractivity contribution is 7.91. The minimum Gasteiger partial charge on any atom is -0.378 e. The average Bonchev–Trinajstić information content (AvgIpc) is 2.25. The lowest BCUT2D eigenvalue weighted by Crippen LogP contribution is -2.16. The van der Waals surface area contributed by atoms with Gasteiger partial charge in [0.25, 0.3) is 0 Å². The Balaban J connectivity index is 2.36. The molecule has 1 heterocycles. The van der Waals surface area contributed by atoms with Crippen LogP contribution in [0.25, 0.3) is 0 Å². The highest BCUT2D eigenvalue weighted by Gasteiger charge is 2.23. The molecule has 0 saturated heterocycles. The second-order valence-corrected chi connectivity index (χ2v) is 5.87. The summed E-state index contributed by atoms with van der Waals surface area (Å²) in [5, 5.41) is 2.91. The van der Waals surface area contributed by atoms with Crippen molar-refractivity contribution in [3.8, 4) is 0 Å². The third-order valence-electron chi connectivity index (χ3n) is 2.64. The van der Waals surface area contributed by atoms with Crippen LogP contribution < -0.4 is 5.32 Å². The fraction of sp³-hybridized carbons (Fsp3) is 0.364. The van der Waals surface area contributed by atoms with Crippen molar-refractivity contribution in [3.63, 3.8) is 0 Å². The molecule has 2 rings (SSSR count). The predicted octanol–water partition coefficient (Wildman–Crippen LogP) is 1.02. The van der Waals surface area contributed by atoms with Crippen molar-refractivity contribution in [1.82, 2.24) is 0 Å². The topological polar surface area (TPSA) is 63.2 Å². The summed E-state index contributed by atoms with van der Waals surface area (Å²) in [5.41, 5.74) is 1.64. The van der Waals surface area contributed by atoms with Crippen molar-refractivity contribution >= 4 is 21.8 Å². The molecule has 86 valence electrons. The minimum atomic E-state index is -3.08. The first-order valence-corrected chi connectivity index (χ1v) is 6.82. The molecule has 0 aliphatic carbocycles. The molecule has 0 spiro atoms. The maximum absolute atomic E-state index is 11.7. The number of benzene rings is 1. The van der Waals surface area contributed by atoms with Gasteiger partial charge in [-0.05, 0) is 36.6 Å². The van der Waals surface area contributed by atoms with Gasteiger partial charge in [0.05, 0.1) is 17.2 Å². The number of sulfone groups is 1. The summed E-state index contributed by atoms with van der Waals surface area (Å²) < 4.78 is 23.4. The quantitative estimate of drug-likeness (QED) is 0.800. The van der Waals surface area contributed by atoms with Gasteiger partial charge in [-0.25, -0.2) is 8.42 Å². The Labute approximate surface area is 94.6 Å². The Hall–Kier alpha value is -1.36. The second-order valence-electron chi connectivity index (χ2n) is 3.79. The summed E-state index contributed by atoms with van der Waals surface area (Å²) in [4.78, 5) is 10.7. The molecule has 4 nitrogen and oxygen atoms in total. The van der Waals surface area contributed by atoms with Gasteiger partial charge in [-0.2, -0.15) is 0 Å². The van der Waals surface area contributed by atoms with E-state index in [2.05, 4.69) is 5.32 Å². The van der Waals surface area contributed by atoms with Crippen LogP contribution in [0.2, 0.25) is 0 Å². The number of carbonyl (C=O) groups is 1. The number of hydrogen-bond acceptors (Lipinski definition) is 4. The number of rotatable bonds is 3. The highest BCUT2D eigenvalue weighted by Crippen LogP contribution is 2.27. The van der Waals surface area contributed by atoms with Crippen molar-refractivity contribution in [2.45, 2.75) is 17.7 Å². The summed E-state index contributed by atoms with van der Waals surface area (Å²) in [6.07, 6.45) is 2.23. The zero-order chi connectivity index (χ0) is 11.6. The van der Waals surface area contributed by atoms with E-state index in [1.165, 1.54) is 0 Å². The van der Waals surface area contributed by atoms with Gasteiger partial charge in [0.2, 0.25) is 0 Å². The van der Waals surface area contributed by atoms with Crippen LogP contribution in [-0.4, -0.2) is 27.0 Å². The van der Waals surface area contributed by atoms with Crippen LogP contribution in [0.1, 0.15) is 12.0 Å². The summed E-state index contributed by atoms with van der Waals surface area (Å²) >= 11 is 0. The molecule has 1 aromatic carbocycles. The summed E-state index contributed by atoms with van der Waals surface area (Å²) in [6, 6.07) is 5.14. The second kappa shape index (κ2) is 4.25. The van der Waals surface area contributed by atoms with Crippen molar-refractivity contribution in [2.75, 3.05) is 17.6 Å². The number of fused-ring (bicyclic) bond motifs is 1. The Morgan fingerprint density at radius 3 is 2.94 bits per heavy atom. The first-order valence-electron chi connectivity index (χ1n) is 5.17.